The van der Waals surface area contributed by atoms with Crippen LogP contribution in [0.3, 0.4) is 0 Å². The van der Waals surface area contributed by atoms with Crippen LogP contribution in [0, 0.1) is 5.92 Å². The van der Waals surface area contributed by atoms with E-state index in [1.54, 1.807) is 11.3 Å². The molecule has 6 rings (SSSR count). The molecule has 3 aliphatic heterocycles. The maximum atomic E-state index is 13.4. The van der Waals surface area contributed by atoms with Crippen molar-refractivity contribution in [3.63, 3.8) is 0 Å². The fourth-order valence-electron chi connectivity index (χ4n) is 5.24. The minimum absolute atomic E-state index is 0.154. The number of esters is 1. The Balaban J connectivity index is 0.000000470. The zero-order chi connectivity index (χ0) is 28.8. The SMILES string of the molecule is O=C(C[N+]12CCC(CC1)[C@@H](OC(=O)C(Nc1ccccc1)c1ccccc1)C2)c1ccsc1.O=C([O-])C(F)(F)F. The summed E-state index contributed by atoms with van der Waals surface area (Å²) in [5, 5.41) is 16.0. The lowest BCUT2D eigenvalue weighted by molar-refractivity contribution is -0.938. The van der Waals surface area contributed by atoms with Gasteiger partial charge < -0.3 is 24.4 Å². The number of thiophene rings is 1. The van der Waals surface area contributed by atoms with Crippen molar-refractivity contribution in [1.29, 1.82) is 0 Å². The molecule has 2 atom stereocenters. The fourth-order valence-corrected chi connectivity index (χ4v) is 5.90. The largest absolute Gasteiger partial charge is 0.542 e. The molecule has 1 aromatic heterocycles. The summed E-state index contributed by atoms with van der Waals surface area (Å²) < 4.78 is 38.5. The molecule has 1 unspecified atom stereocenters. The van der Waals surface area contributed by atoms with Crippen molar-refractivity contribution in [2.24, 2.45) is 5.92 Å². The van der Waals surface area contributed by atoms with Gasteiger partial charge in [0.15, 0.2) is 12.1 Å². The number of nitrogens with zero attached hydrogens (tertiary/aromatic N) is 1. The molecule has 0 spiro atoms. The Hall–Kier alpha value is -3.70. The molecular formula is C29H29F3N2O5S. The van der Waals surface area contributed by atoms with Gasteiger partial charge in [-0.25, -0.2) is 4.79 Å². The second kappa shape index (κ2) is 12.6. The number of hydrogen-bond donors (Lipinski definition) is 1. The first-order chi connectivity index (χ1) is 19.1. The molecule has 3 aliphatic rings. The van der Waals surface area contributed by atoms with Gasteiger partial charge in [0.2, 0.25) is 5.78 Å². The highest BCUT2D eigenvalue weighted by atomic mass is 32.1. The van der Waals surface area contributed by atoms with Gasteiger partial charge in [-0.3, -0.25) is 4.79 Å². The zero-order valence-electron chi connectivity index (χ0n) is 21.5. The maximum Gasteiger partial charge on any atom is 0.430 e. The number of carboxylic acid groups (broad SMARTS) is 1. The van der Waals surface area contributed by atoms with Crippen LogP contribution in [0.1, 0.15) is 34.8 Å². The van der Waals surface area contributed by atoms with Crippen molar-refractivity contribution in [3.05, 3.63) is 88.6 Å². The molecule has 2 bridgehead atoms. The van der Waals surface area contributed by atoms with E-state index >= 15 is 0 Å². The van der Waals surface area contributed by atoms with Crippen LogP contribution >= 0.6 is 11.3 Å². The Morgan fingerprint density at radius 3 is 2.15 bits per heavy atom. The summed E-state index contributed by atoms with van der Waals surface area (Å²) in [5.74, 6) is -2.70. The monoisotopic (exact) mass is 574 g/mol. The summed E-state index contributed by atoms with van der Waals surface area (Å²) in [6, 6.07) is 20.8. The summed E-state index contributed by atoms with van der Waals surface area (Å²) in [7, 11) is 0. The van der Waals surface area contributed by atoms with Crippen LogP contribution in [0.25, 0.3) is 0 Å². The van der Waals surface area contributed by atoms with Crippen LogP contribution in [0.2, 0.25) is 0 Å². The Morgan fingerprint density at radius 2 is 1.60 bits per heavy atom. The van der Waals surface area contributed by atoms with Crippen molar-refractivity contribution < 1.29 is 41.9 Å². The van der Waals surface area contributed by atoms with E-state index in [0.29, 0.717) is 12.5 Å². The molecule has 3 saturated heterocycles. The number of carbonyl (C=O) groups is 3. The average molecular weight is 575 g/mol. The number of quaternary nitrogens is 1. The molecule has 7 nitrogen and oxygen atoms in total. The number of Topliss-reactive ketones (excluding diaryl/α,β-unsaturated/α-hetero) is 1. The van der Waals surface area contributed by atoms with Crippen molar-refractivity contribution >= 4 is 34.7 Å². The third-order valence-electron chi connectivity index (χ3n) is 7.32. The Bertz CT molecular complexity index is 1280. The van der Waals surface area contributed by atoms with Crippen LogP contribution in [0.4, 0.5) is 18.9 Å². The highest BCUT2D eigenvalue weighted by Crippen LogP contribution is 2.37. The van der Waals surface area contributed by atoms with Gasteiger partial charge in [-0.1, -0.05) is 48.5 Å². The number of fused-ring (bicyclic) bond motifs is 3. The molecule has 0 saturated carbocycles. The van der Waals surface area contributed by atoms with E-state index in [2.05, 4.69) is 5.32 Å². The molecule has 4 heterocycles. The first-order valence-corrected chi connectivity index (χ1v) is 13.8. The Kier molecular flexibility index (Phi) is 9.26. The average Bonchev–Trinajstić information content (AvgIpc) is 3.49. The lowest BCUT2D eigenvalue weighted by Crippen LogP contribution is -2.65. The van der Waals surface area contributed by atoms with Gasteiger partial charge in [-0.05, 0) is 29.1 Å². The standard InChI is InChI=1S/C27H29N2O3S.C2HF3O2/c30-24(22-13-16-33-19-22)17-29-14-11-20(12-15-29)25(18-29)32-27(31)26(21-7-3-1-4-8-21)28-23-9-5-2-6-10-23;3-2(4,5)1(6)7/h1-10,13,16,19-20,25-26,28H,11-12,14-15,17-18H2;(H,6,7)/q+1;/p-1/t20?,25-,26?,29?;/m0./s1. The van der Waals surface area contributed by atoms with Gasteiger partial charge >= 0.3 is 12.1 Å². The van der Waals surface area contributed by atoms with E-state index in [-0.39, 0.29) is 17.9 Å². The number of anilines is 1. The topological polar surface area (TPSA) is 95.5 Å². The van der Waals surface area contributed by atoms with Crippen LogP contribution in [-0.2, 0) is 14.3 Å². The fraction of sp³-hybridized carbons (Fsp3) is 0.345. The van der Waals surface area contributed by atoms with Crippen LogP contribution < -0.4 is 10.4 Å². The number of alkyl halides is 3. The molecule has 3 fully saturated rings. The number of para-hydroxylation sites is 1. The van der Waals surface area contributed by atoms with Gasteiger partial charge in [0.05, 0.1) is 13.1 Å². The highest BCUT2D eigenvalue weighted by molar-refractivity contribution is 7.08. The smallest absolute Gasteiger partial charge is 0.430 e. The van der Waals surface area contributed by atoms with E-state index < -0.39 is 18.2 Å². The number of piperidine rings is 3. The number of ether oxygens (including phenoxy) is 1. The molecular weight excluding hydrogens is 545 g/mol. The highest BCUT2D eigenvalue weighted by Gasteiger charge is 2.49. The van der Waals surface area contributed by atoms with Crippen LogP contribution in [-0.4, -0.2) is 60.7 Å². The molecule has 1 N–H and O–H groups in total. The number of rotatable bonds is 8. The molecule has 2 aromatic carbocycles. The number of carboxylic acids is 1. The first kappa shape index (κ1) is 29.3. The minimum Gasteiger partial charge on any atom is -0.542 e. The lowest BCUT2D eigenvalue weighted by atomic mass is 9.82. The molecule has 11 heteroatoms. The van der Waals surface area contributed by atoms with Gasteiger partial charge in [0, 0.05) is 35.4 Å². The molecule has 0 aliphatic carbocycles. The normalized spacial score (nSPS) is 22.4. The van der Waals surface area contributed by atoms with E-state index in [1.165, 1.54) is 0 Å². The lowest BCUT2D eigenvalue weighted by Gasteiger charge is -2.51. The summed E-state index contributed by atoms with van der Waals surface area (Å²) in [5.41, 5.74) is 2.55. The summed E-state index contributed by atoms with van der Waals surface area (Å²) in [4.78, 5) is 35.1. The number of halogens is 3. The van der Waals surface area contributed by atoms with Gasteiger partial charge in [0.25, 0.3) is 0 Å². The van der Waals surface area contributed by atoms with Crippen molar-refractivity contribution in [1.82, 2.24) is 0 Å². The number of benzene rings is 2. The molecule has 3 aromatic rings. The predicted molar refractivity (Wildman–Crippen MR) is 141 cm³/mol. The van der Waals surface area contributed by atoms with Crippen molar-refractivity contribution in [3.8, 4) is 0 Å². The number of ketones is 1. The third-order valence-corrected chi connectivity index (χ3v) is 8.00. The van der Waals surface area contributed by atoms with Crippen molar-refractivity contribution in [2.75, 3.05) is 31.5 Å². The van der Waals surface area contributed by atoms with E-state index in [4.69, 9.17) is 14.6 Å². The Morgan fingerprint density at radius 1 is 1.00 bits per heavy atom. The van der Waals surface area contributed by atoms with E-state index in [9.17, 15) is 22.8 Å². The number of carbonyl (C=O) groups excluding carboxylic acids is 3. The zero-order valence-corrected chi connectivity index (χ0v) is 22.3. The second-order valence-electron chi connectivity index (χ2n) is 10.0. The summed E-state index contributed by atoms with van der Waals surface area (Å²) >= 11 is 1.55. The number of hydrogen-bond acceptors (Lipinski definition) is 7. The van der Waals surface area contributed by atoms with Gasteiger partial charge in [-0.15, -0.1) is 0 Å². The van der Waals surface area contributed by atoms with Crippen LogP contribution in [0.5, 0.6) is 0 Å². The summed E-state index contributed by atoms with van der Waals surface area (Å²) in [6.07, 6.45) is -3.35. The van der Waals surface area contributed by atoms with Gasteiger partial charge in [-0.2, -0.15) is 24.5 Å². The quantitative estimate of drug-likeness (QED) is 0.246. The third kappa shape index (κ3) is 7.48. The molecule has 40 heavy (non-hydrogen) atoms. The summed E-state index contributed by atoms with van der Waals surface area (Å²) in [6.45, 7) is 3.18. The number of aliphatic carboxylic acids is 1. The number of nitrogens with one attached hydrogen (secondary N) is 1. The molecule has 0 radical (unpaired) electrons. The molecule has 0 amide bonds. The maximum absolute atomic E-state index is 13.4. The minimum atomic E-state index is -5.19. The second-order valence-corrected chi connectivity index (χ2v) is 10.8. The van der Waals surface area contributed by atoms with E-state index in [1.807, 2.05) is 77.5 Å². The van der Waals surface area contributed by atoms with Crippen molar-refractivity contribution in [2.45, 2.75) is 31.2 Å². The first-order valence-electron chi connectivity index (χ1n) is 12.8. The molecule has 212 valence electrons. The van der Waals surface area contributed by atoms with E-state index in [0.717, 1.165) is 53.8 Å². The van der Waals surface area contributed by atoms with Crippen LogP contribution in [0.15, 0.2) is 77.5 Å². The van der Waals surface area contributed by atoms with Gasteiger partial charge in [0.1, 0.15) is 19.1 Å². The predicted octanol–water partition coefficient (Wildman–Crippen LogP) is 4.24. The Labute approximate surface area is 233 Å².